The second kappa shape index (κ2) is 7.65. The number of thiophene rings is 1. The van der Waals surface area contributed by atoms with Gasteiger partial charge in [0.25, 0.3) is 10.0 Å². The van der Waals surface area contributed by atoms with Gasteiger partial charge in [-0.3, -0.25) is 9.71 Å². The lowest BCUT2D eigenvalue weighted by molar-refractivity contribution is 0.567. The number of pyridine rings is 1. The lowest BCUT2D eigenvalue weighted by atomic mass is 10.2. The van der Waals surface area contributed by atoms with Crippen molar-refractivity contribution in [3.05, 3.63) is 78.7 Å². The Morgan fingerprint density at radius 1 is 1.06 bits per heavy atom. The lowest BCUT2D eigenvalue weighted by Gasteiger charge is -2.29. The molecule has 1 aromatic carbocycles. The smallest absolute Gasteiger partial charge is 0.271 e. The Balaban J connectivity index is 1.33. The van der Waals surface area contributed by atoms with E-state index in [4.69, 9.17) is 10.2 Å². The van der Waals surface area contributed by atoms with Crippen LogP contribution in [0.1, 0.15) is 11.7 Å². The molecule has 31 heavy (non-hydrogen) atoms. The van der Waals surface area contributed by atoms with Crippen LogP contribution in [0.3, 0.4) is 0 Å². The monoisotopic (exact) mass is 451 g/mol. The highest BCUT2D eigenvalue weighted by Gasteiger charge is 2.24. The molecule has 3 aromatic heterocycles. The van der Waals surface area contributed by atoms with E-state index >= 15 is 0 Å². The first-order chi connectivity index (χ1) is 15.0. The highest BCUT2D eigenvalue weighted by atomic mass is 32.2. The highest BCUT2D eigenvalue weighted by Crippen LogP contribution is 2.34. The minimum atomic E-state index is -3.72. The number of hydrogen-bond donors (Lipinski definition) is 2. The Labute approximate surface area is 182 Å². The fourth-order valence-corrected chi connectivity index (χ4v) is 5.56. The van der Waals surface area contributed by atoms with Crippen LogP contribution in [0.2, 0.25) is 0 Å². The van der Waals surface area contributed by atoms with Crippen LogP contribution < -0.4 is 15.4 Å². The number of aromatic nitrogens is 1. The lowest BCUT2D eigenvalue weighted by Crippen LogP contribution is -2.35. The van der Waals surface area contributed by atoms with E-state index in [-0.39, 0.29) is 4.21 Å². The maximum Gasteiger partial charge on any atom is 0.271 e. The van der Waals surface area contributed by atoms with Gasteiger partial charge in [-0.1, -0.05) is 6.07 Å². The van der Waals surface area contributed by atoms with Crippen molar-refractivity contribution in [3.8, 4) is 10.6 Å². The van der Waals surface area contributed by atoms with Crippen molar-refractivity contribution in [2.45, 2.75) is 10.4 Å². The molecule has 4 aromatic rings. The zero-order valence-electron chi connectivity index (χ0n) is 16.0. The molecule has 0 radical (unpaired) electrons. The maximum absolute atomic E-state index is 12.8. The summed E-state index contributed by atoms with van der Waals surface area (Å²) in [6.45, 7) is 0. The standard InChI is InChI=1S/C21H17N5O3S2/c22-20-16-10-12-29-21(16)24-13-26(20)15-6-4-14(5-7-15)25-31(27,28)19-9-8-18(30-19)17-3-1-2-11-23-17/h1-13,20,25H,22H2. The van der Waals surface area contributed by atoms with Gasteiger partial charge in [-0.05, 0) is 54.6 Å². The first kappa shape index (κ1) is 19.5. The third-order valence-corrected chi connectivity index (χ3v) is 7.75. The van der Waals surface area contributed by atoms with Crippen LogP contribution in [-0.4, -0.2) is 19.7 Å². The van der Waals surface area contributed by atoms with E-state index in [9.17, 15) is 8.42 Å². The van der Waals surface area contributed by atoms with Crippen LogP contribution in [0.25, 0.3) is 10.6 Å². The molecule has 0 fully saturated rings. The van der Waals surface area contributed by atoms with Gasteiger partial charge in [0.15, 0.2) is 0 Å². The fourth-order valence-electron chi connectivity index (χ4n) is 3.22. The molecule has 10 heteroatoms. The largest absolute Gasteiger partial charge is 0.446 e. The van der Waals surface area contributed by atoms with E-state index < -0.39 is 16.2 Å². The summed E-state index contributed by atoms with van der Waals surface area (Å²) in [5.74, 6) is 0.495. The summed E-state index contributed by atoms with van der Waals surface area (Å²) < 4.78 is 33.7. The second-order valence-electron chi connectivity index (χ2n) is 6.76. The van der Waals surface area contributed by atoms with Crippen molar-refractivity contribution >= 4 is 45.0 Å². The number of sulfonamides is 1. The SMILES string of the molecule is NC1c2ccoc2N=CN1c1ccc(NS(=O)(=O)c2ccc(-c3ccccn3)s2)cc1. The molecule has 5 rings (SSSR count). The van der Waals surface area contributed by atoms with Gasteiger partial charge < -0.3 is 15.1 Å². The molecule has 1 atom stereocenters. The molecule has 0 saturated carbocycles. The van der Waals surface area contributed by atoms with Crippen LogP contribution in [0, 0.1) is 0 Å². The molecule has 3 N–H and O–H groups in total. The molecule has 0 aliphatic carbocycles. The van der Waals surface area contributed by atoms with E-state index in [1.165, 1.54) is 11.3 Å². The summed E-state index contributed by atoms with van der Waals surface area (Å²) >= 11 is 1.17. The van der Waals surface area contributed by atoms with Gasteiger partial charge >= 0.3 is 0 Å². The number of fused-ring (bicyclic) bond motifs is 1. The van der Waals surface area contributed by atoms with Crippen molar-refractivity contribution in [1.82, 2.24) is 4.98 Å². The molecule has 8 nitrogen and oxygen atoms in total. The van der Waals surface area contributed by atoms with Gasteiger partial charge in [-0.15, -0.1) is 11.3 Å². The quantitative estimate of drug-likeness (QED) is 0.467. The van der Waals surface area contributed by atoms with Crippen molar-refractivity contribution in [3.63, 3.8) is 0 Å². The maximum atomic E-state index is 12.8. The average Bonchev–Trinajstić information content (AvgIpc) is 3.46. The van der Waals surface area contributed by atoms with Gasteiger partial charge in [0.05, 0.1) is 22.4 Å². The fraction of sp³-hybridized carbons (Fsp3) is 0.0476. The third-order valence-electron chi connectivity index (χ3n) is 4.77. The van der Waals surface area contributed by atoms with Gasteiger partial charge in [0.2, 0.25) is 5.88 Å². The number of anilines is 2. The molecule has 4 heterocycles. The first-order valence-corrected chi connectivity index (χ1v) is 11.6. The molecule has 0 bridgehead atoms. The summed E-state index contributed by atoms with van der Waals surface area (Å²) in [5, 5.41) is 0. The molecular weight excluding hydrogens is 434 g/mol. The number of hydrogen-bond acceptors (Lipinski definition) is 8. The summed E-state index contributed by atoms with van der Waals surface area (Å²) in [4.78, 5) is 11.1. The predicted molar refractivity (Wildman–Crippen MR) is 121 cm³/mol. The van der Waals surface area contributed by atoms with E-state index in [2.05, 4.69) is 14.7 Å². The summed E-state index contributed by atoms with van der Waals surface area (Å²) in [6.07, 6.45) is 4.38. The summed E-state index contributed by atoms with van der Waals surface area (Å²) in [6, 6.07) is 17.6. The van der Waals surface area contributed by atoms with Crippen molar-refractivity contribution in [2.75, 3.05) is 9.62 Å². The minimum Gasteiger partial charge on any atom is -0.446 e. The van der Waals surface area contributed by atoms with Crippen LogP contribution in [0.4, 0.5) is 17.3 Å². The zero-order valence-corrected chi connectivity index (χ0v) is 17.7. The first-order valence-electron chi connectivity index (χ1n) is 9.31. The highest BCUT2D eigenvalue weighted by molar-refractivity contribution is 7.94. The number of furan rings is 1. The van der Waals surface area contributed by atoms with E-state index in [0.717, 1.165) is 21.8 Å². The number of rotatable bonds is 5. The van der Waals surface area contributed by atoms with Crippen molar-refractivity contribution in [1.29, 1.82) is 0 Å². The normalized spacial score (nSPS) is 15.6. The van der Waals surface area contributed by atoms with Gasteiger partial charge in [-0.25, -0.2) is 13.4 Å². The third kappa shape index (κ3) is 3.72. The van der Waals surface area contributed by atoms with Crippen LogP contribution in [-0.2, 0) is 10.0 Å². The Bertz CT molecular complexity index is 1350. The van der Waals surface area contributed by atoms with Crippen LogP contribution in [0.15, 0.2) is 86.7 Å². The van der Waals surface area contributed by atoms with E-state index in [1.807, 2.05) is 18.2 Å². The Kier molecular flexibility index (Phi) is 4.81. The number of nitrogens with zero attached hydrogens (tertiary/aromatic N) is 3. The Morgan fingerprint density at radius 3 is 2.68 bits per heavy atom. The summed E-state index contributed by atoms with van der Waals surface area (Å²) in [5.41, 5.74) is 9.04. The van der Waals surface area contributed by atoms with Gasteiger partial charge in [0, 0.05) is 17.6 Å². The molecule has 1 aliphatic rings. The van der Waals surface area contributed by atoms with Gasteiger partial charge in [-0.2, -0.15) is 0 Å². The summed E-state index contributed by atoms with van der Waals surface area (Å²) in [7, 11) is -3.72. The van der Waals surface area contributed by atoms with Gasteiger partial charge in [0.1, 0.15) is 16.7 Å². The topological polar surface area (TPSA) is 114 Å². The molecule has 1 unspecified atom stereocenters. The number of nitrogens with one attached hydrogen (secondary N) is 1. The predicted octanol–water partition coefficient (Wildman–Crippen LogP) is 4.34. The number of benzene rings is 1. The van der Waals surface area contributed by atoms with E-state index in [1.54, 1.807) is 66.2 Å². The zero-order chi connectivity index (χ0) is 21.4. The molecule has 0 amide bonds. The Hall–Kier alpha value is -3.47. The Morgan fingerprint density at radius 2 is 1.90 bits per heavy atom. The molecule has 0 spiro atoms. The molecule has 156 valence electrons. The molecular formula is C21H17N5O3S2. The van der Waals surface area contributed by atoms with Crippen LogP contribution >= 0.6 is 11.3 Å². The molecule has 0 saturated heterocycles. The second-order valence-corrected chi connectivity index (χ2v) is 9.76. The average molecular weight is 452 g/mol. The van der Waals surface area contributed by atoms with E-state index in [0.29, 0.717) is 11.6 Å². The number of nitrogens with two attached hydrogens (primary N) is 1. The molecule has 1 aliphatic heterocycles. The number of aliphatic imine (C=N–C) groups is 1. The minimum absolute atomic E-state index is 0.218. The van der Waals surface area contributed by atoms with Crippen molar-refractivity contribution in [2.24, 2.45) is 10.7 Å². The van der Waals surface area contributed by atoms with Crippen LogP contribution in [0.5, 0.6) is 0 Å². The van der Waals surface area contributed by atoms with Crippen molar-refractivity contribution < 1.29 is 12.8 Å².